The van der Waals surface area contributed by atoms with Gasteiger partial charge in [0.2, 0.25) is 0 Å². The van der Waals surface area contributed by atoms with E-state index in [-0.39, 0.29) is 50.1 Å². The topological polar surface area (TPSA) is 106 Å². The summed E-state index contributed by atoms with van der Waals surface area (Å²) >= 11 is 0. The molecule has 2 amide bonds. The number of carbonyl (C=O) groups is 2. The van der Waals surface area contributed by atoms with Crippen molar-refractivity contribution in [1.29, 1.82) is 0 Å². The first kappa shape index (κ1) is 41.9. The van der Waals surface area contributed by atoms with E-state index in [0.717, 1.165) is 18.4 Å². The molecule has 0 heterocycles. The molecule has 232 valence electrons. The van der Waals surface area contributed by atoms with E-state index in [1.165, 1.54) is 7.11 Å². The Morgan fingerprint density at radius 2 is 1.72 bits per heavy atom. The van der Waals surface area contributed by atoms with E-state index in [9.17, 15) is 9.59 Å². The van der Waals surface area contributed by atoms with Crippen LogP contribution >= 0.6 is 0 Å². The average Bonchev–Trinajstić information content (AvgIpc) is 3.00. The van der Waals surface area contributed by atoms with Crippen LogP contribution in [0.15, 0.2) is 71.9 Å². The van der Waals surface area contributed by atoms with E-state index in [4.69, 9.17) is 20.2 Å². The van der Waals surface area contributed by atoms with Gasteiger partial charge < -0.3 is 32.9 Å². The SMILES string of the molecule is C=C\C=C(/N=C(/C=C(\N)C(=O)Nc1ccc(C(=O)N(CCC)CCC)c(OC)c1)CC)c1c[c-]c(OC)cc1.CC.[CH3-].[U+2]. The average molecular weight is 815 g/mol. The monoisotopic (exact) mass is 814 g/mol. The zero-order chi connectivity index (χ0) is 30.8. The molecule has 0 radical (unpaired) electrons. The first-order valence-electron chi connectivity index (χ1n) is 14.0. The van der Waals surface area contributed by atoms with Crippen molar-refractivity contribution in [2.24, 2.45) is 10.7 Å². The molecule has 0 aromatic heterocycles. The second-order valence-corrected chi connectivity index (χ2v) is 8.65. The second kappa shape index (κ2) is 23.2. The molecule has 0 aliphatic rings. The van der Waals surface area contributed by atoms with E-state index in [0.29, 0.717) is 53.7 Å². The van der Waals surface area contributed by atoms with Crippen LogP contribution in [0.1, 0.15) is 69.8 Å². The Bertz CT molecular complexity index is 1230. The van der Waals surface area contributed by atoms with Gasteiger partial charge in [0, 0.05) is 42.0 Å². The quantitative estimate of drug-likeness (QED) is 0.0917. The van der Waals surface area contributed by atoms with Crippen molar-refractivity contribution >= 4 is 28.9 Å². The number of benzene rings is 2. The number of carbonyl (C=O) groups excluding carboxylic acids is 2. The summed E-state index contributed by atoms with van der Waals surface area (Å²) in [4.78, 5) is 32.5. The van der Waals surface area contributed by atoms with Crippen molar-refractivity contribution in [3.8, 4) is 11.5 Å². The summed E-state index contributed by atoms with van der Waals surface area (Å²) in [5, 5.41) is 2.77. The summed E-state index contributed by atoms with van der Waals surface area (Å²) in [6, 6.07) is 13.4. The number of allylic oxidation sites excluding steroid dienone is 3. The number of hydrogen-bond donors (Lipinski definition) is 2. The van der Waals surface area contributed by atoms with Crippen molar-refractivity contribution in [3.05, 3.63) is 91.5 Å². The Labute approximate surface area is 282 Å². The fourth-order valence-corrected chi connectivity index (χ4v) is 3.79. The Morgan fingerprint density at radius 1 is 1.07 bits per heavy atom. The summed E-state index contributed by atoms with van der Waals surface area (Å²) in [6.45, 7) is 15.1. The molecular formula is C34H48N4O4U. The van der Waals surface area contributed by atoms with Crippen LogP contribution in [0.2, 0.25) is 0 Å². The molecule has 0 aliphatic heterocycles. The second-order valence-electron chi connectivity index (χ2n) is 8.65. The van der Waals surface area contributed by atoms with E-state index in [1.54, 1.807) is 55.7 Å². The van der Waals surface area contributed by atoms with Gasteiger partial charge in [-0.25, -0.2) is 0 Å². The maximum Gasteiger partial charge on any atom is 2.00 e. The molecule has 0 spiro atoms. The molecule has 0 fully saturated rings. The maximum atomic E-state index is 13.1. The summed E-state index contributed by atoms with van der Waals surface area (Å²) in [6.07, 6.45) is 7.22. The van der Waals surface area contributed by atoms with Gasteiger partial charge >= 0.3 is 31.1 Å². The Hall–Kier alpha value is -3.28. The van der Waals surface area contributed by atoms with E-state index in [1.807, 2.05) is 45.6 Å². The first-order valence-corrected chi connectivity index (χ1v) is 14.0. The minimum Gasteiger partial charge on any atom is -0.523 e. The fraction of sp³-hybridized carbons (Fsp3) is 0.353. The number of hydrogen-bond acceptors (Lipinski definition) is 6. The molecule has 0 bridgehead atoms. The van der Waals surface area contributed by atoms with Crippen LogP contribution in [0.5, 0.6) is 11.5 Å². The third-order valence-corrected chi connectivity index (χ3v) is 5.75. The zero-order valence-corrected chi connectivity index (χ0v) is 31.2. The molecule has 2 rings (SSSR count). The van der Waals surface area contributed by atoms with E-state index in [2.05, 4.69) is 18.0 Å². The number of methoxy groups -OCH3 is 2. The van der Waals surface area contributed by atoms with Gasteiger partial charge in [-0.3, -0.25) is 14.6 Å². The normalized spacial score (nSPS) is 11.1. The Kier molecular flexibility index (Phi) is 22.6. The van der Waals surface area contributed by atoms with Crippen molar-refractivity contribution in [3.63, 3.8) is 0 Å². The largest absolute Gasteiger partial charge is 2.00 e. The number of aliphatic imine (C=N–C) groups is 1. The van der Waals surface area contributed by atoms with Crippen molar-refractivity contribution < 1.29 is 50.2 Å². The van der Waals surface area contributed by atoms with Crippen LogP contribution < -0.4 is 20.5 Å². The third-order valence-electron chi connectivity index (χ3n) is 5.75. The molecule has 0 saturated carbocycles. The number of nitrogens with one attached hydrogen (secondary N) is 1. The van der Waals surface area contributed by atoms with Gasteiger partial charge in [-0.2, -0.15) is 12.1 Å². The first-order chi connectivity index (χ1) is 19.8. The number of nitrogens with zero attached hydrogens (tertiary/aromatic N) is 2. The summed E-state index contributed by atoms with van der Waals surface area (Å²) in [5.41, 5.74) is 9.10. The minimum atomic E-state index is -0.497. The van der Waals surface area contributed by atoms with Gasteiger partial charge in [0.1, 0.15) is 5.75 Å². The van der Waals surface area contributed by atoms with Gasteiger partial charge in [-0.1, -0.05) is 47.3 Å². The van der Waals surface area contributed by atoms with E-state index < -0.39 is 5.91 Å². The number of rotatable bonds is 14. The predicted octanol–water partition coefficient (Wildman–Crippen LogP) is 7.10. The molecule has 0 saturated heterocycles. The Morgan fingerprint density at radius 3 is 2.21 bits per heavy atom. The number of ether oxygens (including phenoxy) is 2. The van der Waals surface area contributed by atoms with Crippen LogP contribution in [-0.2, 0) is 4.79 Å². The molecule has 2 aromatic rings. The van der Waals surface area contributed by atoms with Gasteiger partial charge in [0.05, 0.1) is 25.5 Å². The van der Waals surface area contributed by atoms with Crippen LogP contribution in [0, 0.1) is 44.6 Å². The third kappa shape index (κ3) is 13.3. The van der Waals surface area contributed by atoms with Gasteiger partial charge in [-0.15, -0.1) is 17.7 Å². The van der Waals surface area contributed by atoms with Crippen molar-refractivity contribution in [1.82, 2.24) is 4.90 Å². The number of anilines is 1. The molecular weight excluding hydrogens is 766 g/mol. The maximum absolute atomic E-state index is 13.1. The molecule has 2 aromatic carbocycles. The van der Waals surface area contributed by atoms with Crippen LogP contribution in [-0.4, -0.2) is 49.7 Å². The molecule has 9 heteroatoms. The van der Waals surface area contributed by atoms with Crippen molar-refractivity contribution in [2.75, 3.05) is 32.6 Å². The standard InChI is InChI=1S/C31H39N4O4.C2H6.CH3.U/c1-7-11-28(22-12-15-25(38-5)16-13-22)33-23(10-4)20-27(32)30(36)34-24-14-17-26(29(21-24)39-6)31(37)35(18-8-2)19-9-3;1-2;;/h7,11-15,17,20-21H,1,8-10,18-19,32H2,2-6H3,(H,34,36);1-2H3;1H3;/q-1;;-1;+2/b27-20-,28-11-,33-23+;;;. The molecule has 0 unspecified atom stereocenters. The molecule has 3 N–H and O–H groups in total. The van der Waals surface area contributed by atoms with Crippen LogP contribution in [0.4, 0.5) is 5.69 Å². The van der Waals surface area contributed by atoms with Gasteiger partial charge in [0.15, 0.2) is 0 Å². The molecule has 8 nitrogen and oxygen atoms in total. The van der Waals surface area contributed by atoms with Crippen LogP contribution in [0.3, 0.4) is 0 Å². The minimum absolute atomic E-state index is 0. The number of nitrogens with two attached hydrogens (primary N) is 1. The Balaban J connectivity index is 0. The smallest absolute Gasteiger partial charge is 0.523 e. The predicted molar refractivity (Wildman–Crippen MR) is 176 cm³/mol. The zero-order valence-electron chi connectivity index (χ0n) is 27.0. The van der Waals surface area contributed by atoms with Crippen molar-refractivity contribution in [2.45, 2.75) is 53.9 Å². The number of amides is 2. The van der Waals surface area contributed by atoms with Gasteiger partial charge in [0.25, 0.3) is 11.8 Å². The van der Waals surface area contributed by atoms with Gasteiger partial charge in [-0.05, 0) is 43.5 Å². The molecule has 0 aliphatic carbocycles. The van der Waals surface area contributed by atoms with E-state index >= 15 is 0 Å². The summed E-state index contributed by atoms with van der Waals surface area (Å²) in [7, 11) is 3.07. The summed E-state index contributed by atoms with van der Waals surface area (Å²) < 4.78 is 10.6. The molecule has 0 atom stereocenters. The fourth-order valence-electron chi connectivity index (χ4n) is 3.79. The molecule has 43 heavy (non-hydrogen) atoms. The summed E-state index contributed by atoms with van der Waals surface area (Å²) in [5.74, 6) is 0.395. The van der Waals surface area contributed by atoms with Crippen LogP contribution in [0.25, 0.3) is 5.70 Å².